The van der Waals surface area contributed by atoms with Gasteiger partial charge in [-0.15, -0.1) is 11.6 Å². The highest BCUT2D eigenvalue weighted by atomic mass is 127. The van der Waals surface area contributed by atoms with Gasteiger partial charge in [0.15, 0.2) is 0 Å². The third-order valence-corrected chi connectivity index (χ3v) is 4.16. The SMILES string of the molecule is O=C(c1cccc(I)c1)N1CCCCC1CCl. The Balaban J connectivity index is 2.18. The number of piperidine rings is 1. The minimum absolute atomic E-state index is 0.119. The van der Waals surface area contributed by atoms with Crippen LogP contribution in [0.2, 0.25) is 0 Å². The Bertz CT molecular complexity index is 410. The smallest absolute Gasteiger partial charge is 0.254 e. The molecule has 1 amide bonds. The summed E-state index contributed by atoms with van der Waals surface area (Å²) < 4.78 is 1.09. The number of hydrogen-bond donors (Lipinski definition) is 0. The van der Waals surface area contributed by atoms with E-state index >= 15 is 0 Å². The number of nitrogens with zero attached hydrogens (tertiary/aromatic N) is 1. The molecule has 1 fully saturated rings. The monoisotopic (exact) mass is 363 g/mol. The summed E-state index contributed by atoms with van der Waals surface area (Å²) in [6.45, 7) is 0.835. The maximum absolute atomic E-state index is 12.4. The Kier molecular flexibility index (Phi) is 4.68. The van der Waals surface area contributed by atoms with Crippen molar-refractivity contribution in [1.82, 2.24) is 4.90 Å². The summed E-state index contributed by atoms with van der Waals surface area (Å²) in [5.41, 5.74) is 0.772. The summed E-state index contributed by atoms with van der Waals surface area (Å²) in [5, 5.41) is 0. The van der Waals surface area contributed by atoms with E-state index in [0.29, 0.717) is 5.88 Å². The molecule has 1 aromatic rings. The van der Waals surface area contributed by atoms with Crippen LogP contribution in [0, 0.1) is 3.57 Å². The molecule has 1 atom stereocenters. The highest BCUT2D eigenvalue weighted by Gasteiger charge is 2.26. The summed E-state index contributed by atoms with van der Waals surface area (Å²) in [7, 11) is 0. The van der Waals surface area contributed by atoms with E-state index in [4.69, 9.17) is 11.6 Å². The van der Waals surface area contributed by atoms with Crippen LogP contribution in [-0.2, 0) is 0 Å². The average molecular weight is 364 g/mol. The number of rotatable bonds is 2. The predicted octanol–water partition coefficient (Wildman–Crippen LogP) is 3.52. The molecule has 2 nitrogen and oxygen atoms in total. The molecule has 1 unspecified atom stereocenters. The number of alkyl halides is 1. The third-order valence-electron chi connectivity index (χ3n) is 3.14. The largest absolute Gasteiger partial charge is 0.334 e. The molecule has 0 N–H and O–H groups in total. The zero-order valence-corrected chi connectivity index (χ0v) is 12.4. The summed E-state index contributed by atoms with van der Waals surface area (Å²) in [4.78, 5) is 14.3. The average Bonchev–Trinajstić information content (AvgIpc) is 2.38. The Morgan fingerprint density at radius 1 is 1.47 bits per heavy atom. The van der Waals surface area contributed by atoms with Crippen LogP contribution in [0.5, 0.6) is 0 Å². The third kappa shape index (κ3) is 3.13. The van der Waals surface area contributed by atoms with Gasteiger partial charge in [0.1, 0.15) is 0 Å². The molecular formula is C13H15ClINO. The first-order chi connectivity index (χ1) is 8.22. The molecule has 1 saturated heterocycles. The molecule has 0 aliphatic carbocycles. The minimum Gasteiger partial charge on any atom is -0.334 e. The Morgan fingerprint density at radius 3 is 3.00 bits per heavy atom. The summed E-state index contributed by atoms with van der Waals surface area (Å²) in [5.74, 6) is 0.657. The van der Waals surface area contributed by atoms with Crippen LogP contribution in [0.25, 0.3) is 0 Å². The number of carbonyl (C=O) groups is 1. The number of benzene rings is 1. The molecule has 0 aromatic heterocycles. The van der Waals surface area contributed by atoms with Gasteiger partial charge in [0, 0.05) is 27.6 Å². The highest BCUT2D eigenvalue weighted by molar-refractivity contribution is 14.1. The Hall–Kier alpha value is -0.290. The second kappa shape index (κ2) is 6.05. The van der Waals surface area contributed by atoms with Crippen molar-refractivity contribution in [1.29, 1.82) is 0 Å². The molecule has 1 aliphatic heterocycles. The maximum Gasteiger partial charge on any atom is 0.254 e. The number of hydrogen-bond acceptors (Lipinski definition) is 1. The van der Waals surface area contributed by atoms with Gasteiger partial charge in [0.2, 0.25) is 0 Å². The van der Waals surface area contributed by atoms with E-state index in [9.17, 15) is 4.79 Å². The Labute approximate surface area is 120 Å². The van der Waals surface area contributed by atoms with E-state index in [1.807, 2.05) is 29.2 Å². The van der Waals surface area contributed by atoms with E-state index in [1.165, 1.54) is 6.42 Å². The first-order valence-corrected chi connectivity index (χ1v) is 7.46. The van der Waals surface area contributed by atoms with E-state index in [-0.39, 0.29) is 11.9 Å². The van der Waals surface area contributed by atoms with E-state index < -0.39 is 0 Å². The van der Waals surface area contributed by atoms with Crippen LogP contribution in [-0.4, -0.2) is 29.3 Å². The van der Waals surface area contributed by atoms with Crippen molar-refractivity contribution in [2.45, 2.75) is 25.3 Å². The number of amides is 1. The van der Waals surface area contributed by atoms with Crippen molar-refractivity contribution in [3.05, 3.63) is 33.4 Å². The summed E-state index contributed by atoms with van der Waals surface area (Å²) in [6.07, 6.45) is 3.29. The maximum atomic E-state index is 12.4. The number of likely N-dealkylation sites (tertiary alicyclic amines) is 1. The fourth-order valence-electron chi connectivity index (χ4n) is 2.22. The van der Waals surface area contributed by atoms with Crippen LogP contribution < -0.4 is 0 Å². The standard InChI is InChI=1S/C13H15ClINO/c14-9-12-6-1-2-7-16(12)13(17)10-4-3-5-11(15)8-10/h3-5,8,12H,1-2,6-7,9H2. The van der Waals surface area contributed by atoms with Crippen molar-refractivity contribution in [2.24, 2.45) is 0 Å². The second-order valence-electron chi connectivity index (χ2n) is 4.31. The summed E-state index contributed by atoms with van der Waals surface area (Å²) >= 11 is 8.17. The molecule has 92 valence electrons. The molecule has 0 spiro atoms. The second-order valence-corrected chi connectivity index (χ2v) is 5.87. The normalized spacial score (nSPS) is 20.4. The molecule has 0 saturated carbocycles. The topological polar surface area (TPSA) is 20.3 Å². The minimum atomic E-state index is 0.119. The van der Waals surface area contributed by atoms with Crippen LogP contribution in [0.15, 0.2) is 24.3 Å². The highest BCUT2D eigenvalue weighted by Crippen LogP contribution is 2.21. The molecule has 4 heteroatoms. The molecule has 2 rings (SSSR count). The van der Waals surface area contributed by atoms with Crippen molar-refractivity contribution in [2.75, 3.05) is 12.4 Å². The predicted molar refractivity (Wildman–Crippen MR) is 78.6 cm³/mol. The van der Waals surface area contributed by atoms with Gasteiger partial charge in [-0.1, -0.05) is 6.07 Å². The van der Waals surface area contributed by atoms with Crippen molar-refractivity contribution in [3.63, 3.8) is 0 Å². The number of carbonyl (C=O) groups excluding carboxylic acids is 1. The lowest BCUT2D eigenvalue weighted by atomic mass is 10.0. The number of halogens is 2. The van der Waals surface area contributed by atoms with Gasteiger partial charge in [-0.25, -0.2) is 0 Å². The van der Waals surface area contributed by atoms with E-state index in [0.717, 1.165) is 28.5 Å². The van der Waals surface area contributed by atoms with Crippen molar-refractivity contribution >= 4 is 40.1 Å². The summed E-state index contributed by atoms with van der Waals surface area (Å²) in [6, 6.07) is 7.93. The van der Waals surface area contributed by atoms with Crippen molar-refractivity contribution < 1.29 is 4.79 Å². The molecule has 17 heavy (non-hydrogen) atoms. The van der Waals surface area contributed by atoms with Crippen LogP contribution >= 0.6 is 34.2 Å². The lowest BCUT2D eigenvalue weighted by molar-refractivity contribution is 0.0639. The van der Waals surface area contributed by atoms with Gasteiger partial charge in [-0.3, -0.25) is 4.79 Å². The van der Waals surface area contributed by atoms with E-state index in [1.54, 1.807) is 0 Å². The first kappa shape index (κ1) is 13.1. The molecule has 0 radical (unpaired) electrons. The van der Waals surface area contributed by atoms with Gasteiger partial charge < -0.3 is 4.90 Å². The fourth-order valence-corrected chi connectivity index (χ4v) is 3.08. The lowest BCUT2D eigenvalue weighted by Gasteiger charge is -2.34. The van der Waals surface area contributed by atoms with Crippen LogP contribution in [0.4, 0.5) is 0 Å². The molecule has 1 aromatic carbocycles. The molecule has 1 heterocycles. The molecule has 0 bridgehead atoms. The van der Waals surface area contributed by atoms with E-state index in [2.05, 4.69) is 22.6 Å². The first-order valence-electron chi connectivity index (χ1n) is 5.85. The van der Waals surface area contributed by atoms with Crippen molar-refractivity contribution in [3.8, 4) is 0 Å². The van der Waals surface area contributed by atoms with Gasteiger partial charge in [-0.05, 0) is 60.1 Å². The van der Waals surface area contributed by atoms with Crippen LogP contribution in [0.3, 0.4) is 0 Å². The Morgan fingerprint density at radius 2 is 2.29 bits per heavy atom. The quantitative estimate of drug-likeness (QED) is 0.581. The zero-order chi connectivity index (χ0) is 12.3. The fraction of sp³-hybridized carbons (Fsp3) is 0.462. The van der Waals surface area contributed by atoms with Gasteiger partial charge in [-0.2, -0.15) is 0 Å². The van der Waals surface area contributed by atoms with Crippen LogP contribution in [0.1, 0.15) is 29.6 Å². The van der Waals surface area contributed by atoms with Gasteiger partial charge in [0.25, 0.3) is 5.91 Å². The zero-order valence-electron chi connectivity index (χ0n) is 9.53. The van der Waals surface area contributed by atoms with Gasteiger partial charge >= 0.3 is 0 Å². The molecule has 1 aliphatic rings. The molecular weight excluding hydrogens is 349 g/mol. The lowest BCUT2D eigenvalue weighted by Crippen LogP contribution is -2.44. The van der Waals surface area contributed by atoms with Gasteiger partial charge in [0.05, 0.1) is 0 Å².